The van der Waals surface area contributed by atoms with E-state index in [0.717, 1.165) is 38.6 Å². The van der Waals surface area contributed by atoms with E-state index in [2.05, 4.69) is 4.98 Å². The molecule has 0 aliphatic rings. The number of nitrogen functional groups attached to an aromatic ring is 1. The maximum Gasteiger partial charge on any atom is 0.416 e. The predicted octanol–water partition coefficient (Wildman–Crippen LogP) is 3.06. The SMILES string of the molecule is Cn1c(N)c(C(=O)CSc2nc3cc(C(F)(F)F)ccc3n2Cc2ccccc2)c(=O)n(C)c1=O. The highest BCUT2D eigenvalue weighted by Gasteiger charge is 2.31. The molecule has 0 aliphatic heterocycles. The number of ketones is 1. The summed E-state index contributed by atoms with van der Waals surface area (Å²) in [5.41, 5.74) is 4.71. The molecule has 182 valence electrons. The number of nitrogens with zero attached hydrogens (tertiary/aromatic N) is 4. The van der Waals surface area contributed by atoms with Gasteiger partial charge in [0.25, 0.3) is 5.56 Å². The molecule has 0 fully saturated rings. The summed E-state index contributed by atoms with van der Waals surface area (Å²) < 4.78 is 43.2. The standard InChI is InChI=1S/C23H20F3N5O3S/c1-29-19(27)18(20(33)30(2)22(29)34)17(32)12-35-21-28-15-10-14(23(24,25)26)8-9-16(15)31(21)11-13-6-4-3-5-7-13/h3-10H,11-12,27H2,1-2H3. The van der Waals surface area contributed by atoms with Crippen molar-refractivity contribution in [3.8, 4) is 0 Å². The van der Waals surface area contributed by atoms with Gasteiger partial charge < -0.3 is 10.3 Å². The first-order valence-corrected chi connectivity index (χ1v) is 11.3. The third-order valence-corrected chi connectivity index (χ3v) is 6.52. The summed E-state index contributed by atoms with van der Waals surface area (Å²) in [6.45, 7) is 0.309. The smallest absolute Gasteiger partial charge is 0.384 e. The van der Waals surface area contributed by atoms with E-state index in [1.54, 1.807) is 4.57 Å². The van der Waals surface area contributed by atoms with Gasteiger partial charge in [-0.25, -0.2) is 9.78 Å². The average molecular weight is 504 g/mol. The number of nitrogens with two attached hydrogens (primary N) is 1. The molecule has 0 amide bonds. The first kappa shape index (κ1) is 24.3. The average Bonchev–Trinajstić information content (AvgIpc) is 3.17. The van der Waals surface area contributed by atoms with Gasteiger partial charge in [-0.15, -0.1) is 0 Å². The van der Waals surface area contributed by atoms with E-state index in [1.807, 2.05) is 30.3 Å². The van der Waals surface area contributed by atoms with E-state index in [4.69, 9.17) is 5.73 Å². The lowest BCUT2D eigenvalue weighted by Crippen LogP contribution is -2.41. The van der Waals surface area contributed by atoms with E-state index in [0.29, 0.717) is 17.2 Å². The fourth-order valence-corrected chi connectivity index (χ4v) is 4.52. The van der Waals surface area contributed by atoms with Crippen LogP contribution in [0.1, 0.15) is 21.5 Å². The molecule has 2 aromatic heterocycles. The first-order valence-electron chi connectivity index (χ1n) is 10.3. The minimum absolute atomic E-state index is 0.128. The molecule has 0 saturated carbocycles. The molecule has 2 heterocycles. The zero-order valence-corrected chi connectivity index (χ0v) is 19.5. The van der Waals surface area contributed by atoms with Crippen molar-refractivity contribution in [3.05, 3.63) is 86.1 Å². The summed E-state index contributed by atoms with van der Waals surface area (Å²) in [5, 5.41) is 0.303. The van der Waals surface area contributed by atoms with Crippen LogP contribution in [0.2, 0.25) is 0 Å². The van der Waals surface area contributed by atoms with Crippen molar-refractivity contribution in [1.82, 2.24) is 18.7 Å². The van der Waals surface area contributed by atoms with Crippen molar-refractivity contribution in [3.63, 3.8) is 0 Å². The number of anilines is 1. The molecule has 2 N–H and O–H groups in total. The van der Waals surface area contributed by atoms with E-state index in [9.17, 15) is 27.6 Å². The van der Waals surface area contributed by atoms with Crippen molar-refractivity contribution in [2.24, 2.45) is 14.1 Å². The van der Waals surface area contributed by atoms with Crippen LogP contribution < -0.4 is 17.0 Å². The zero-order chi connectivity index (χ0) is 25.5. The lowest BCUT2D eigenvalue weighted by atomic mass is 10.2. The maximum absolute atomic E-state index is 13.2. The zero-order valence-electron chi connectivity index (χ0n) is 18.7. The maximum atomic E-state index is 13.2. The van der Waals surface area contributed by atoms with Crippen LogP contribution in [-0.4, -0.2) is 30.2 Å². The predicted molar refractivity (Wildman–Crippen MR) is 127 cm³/mol. The molecular formula is C23H20F3N5O3S. The number of thioether (sulfide) groups is 1. The largest absolute Gasteiger partial charge is 0.416 e. The Hall–Kier alpha value is -3.80. The summed E-state index contributed by atoms with van der Waals surface area (Å²) in [6.07, 6.45) is -4.53. The number of hydrogen-bond donors (Lipinski definition) is 1. The molecule has 0 unspecified atom stereocenters. The topological polar surface area (TPSA) is 105 Å². The van der Waals surface area contributed by atoms with Crippen LogP contribution in [0.5, 0.6) is 0 Å². The minimum atomic E-state index is -4.53. The number of alkyl halides is 3. The Morgan fingerprint density at radius 3 is 2.40 bits per heavy atom. The molecule has 0 radical (unpaired) electrons. The molecule has 0 atom stereocenters. The summed E-state index contributed by atoms with van der Waals surface area (Å²) in [5.74, 6) is -1.14. The molecule has 4 rings (SSSR count). The quantitative estimate of drug-likeness (QED) is 0.320. The molecule has 0 bridgehead atoms. The Morgan fingerprint density at radius 2 is 1.74 bits per heavy atom. The molecule has 35 heavy (non-hydrogen) atoms. The first-order chi connectivity index (χ1) is 16.5. The summed E-state index contributed by atoms with van der Waals surface area (Å²) in [7, 11) is 2.59. The van der Waals surface area contributed by atoms with Gasteiger partial charge in [0.2, 0.25) is 0 Å². The third-order valence-electron chi connectivity index (χ3n) is 5.55. The van der Waals surface area contributed by atoms with E-state index in [1.165, 1.54) is 20.2 Å². The molecule has 0 aliphatic carbocycles. The lowest BCUT2D eigenvalue weighted by Gasteiger charge is -2.11. The number of rotatable bonds is 6. The van der Waals surface area contributed by atoms with Gasteiger partial charge in [0.1, 0.15) is 11.4 Å². The lowest BCUT2D eigenvalue weighted by molar-refractivity contribution is -0.137. The molecule has 0 saturated heterocycles. The van der Waals surface area contributed by atoms with Gasteiger partial charge in [0.05, 0.1) is 28.9 Å². The van der Waals surface area contributed by atoms with Gasteiger partial charge >= 0.3 is 11.9 Å². The van der Waals surface area contributed by atoms with Gasteiger partial charge in [-0.3, -0.25) is 18.7 Å². The van der Waals surface area contributed by atoms with Crippen molar-refractivity contribution in [1.29, 1.82) is 0 Å². The molecule has 2 aromatic carbocycles. The highest BCUT2D eigenvalue weighted by Crippen LogP contribution is 2.33. The van der Waals surface area contributed by atoms with E-state index < -0.39 is 28.8 Å². The Kier molecular flexibility index (Phi) is 6.32. The van der Waals surface area contributed by atoms with Crippen LogP contribution in [0.15, 0.2) is 63.3 Å². The second-order valence-corrected chi connectivity index (χ2v) is 8.79. The number of carbonyl (C=O) groups is 1. The highest BCUT2D eigenvalue weighted by molar-refractivity contribution is 7.99. The van der Waals surface area contributed by atoms with Gasteiger partial charge in [-0.1, -0.05) is 42.1 Å². The van der Waals surface area contributed by atoms with Crippen LogP contribution in [0, 0.1) is 0 Å². The number of hydrogen-bond acceptors (Lipinski definition) is 6. The number of carbonyl (C=O) groups excluding carboxylic acids is 1. The highest BCUT2D eigenvalue weighted by atomic mass is 32.2. The Labute approximate surface area is 200 Å². The Balaban J connectivity index is 1.73. The van der Waals surface area contributed by atoms with E-state index in [-0.39, 0.29) is 22.7 Å². The van der Waals surface area contributed by atoms with Gasteiger partial charge in [-0.05, 0) is 23.8 Å². The van der Waals surface area contributed by atoms with Gasteiger partial charge in [0.15, 0.2) is 10.9 Å². The summed E-state index contributed by atoms with van der Waals surface area (Å²) in [6, 6.07) is 12.5. The molecule has 8 nitrogen and oxygen atoms in total. The fourth-order valence-electron chi connectivity index (χ4n) is 3.64. The van der Waals surface area contributed by atoms with Crippen molar-refractivity contribution in [2.45, 2.75) is 17.9 Å². The van der Waals surface area contributed by atoms with Crippen LogP contribution >= 0.6 is 11.8 Å². The summed E-state index contributed by atoms with van der Waals surface area (Å²) >= 11 is 0.972. The number of halogens is 3. The van der Waals surface area contributed by atoms with Gasteiger partial charge in [-0.2, -0.15) is 13.2 Å². The molecule has 4 aromatic rings. The minimum Gasteiger partial charge on any atom is -0.384 e. The second-order valence-electron chi connectivity index (χ2n) is 7.85. The number of fused-ring (bicyclic) bond motifs is 1. The van der Waals surface area contributed by atoms with Crippen molar-refractivity contribution >= 4 is 34.4 Å². The number of Topliss-reactive ketones (excluding diaryl/α,β-unsaturated/α-hetero) is 1. The fraction of sp³-hybridized carbons (Fsp3) is 0.217. The van der Waals surface area contributed by atoms with Crippen molar-refractivity contribution in [2.75, 3.05) is 11.5 Å². The molecule has 0 spiro atoms. The van der Waals surface area contributed by atoms with Gasteiger partial charge in [0, 0.05) is 14.1 Å². The molecule has 12 heteroatoms. The second kappa shape index (κ2) is 9.10. The molecular weight excluding hydrogens is 483 g/mol. The monoisotopic (exact) mass is 503 g/mol. The Bertz CT molecular complexity index is 1560. The third kappa shape index (κ3) is 4.61. The number of benzene rings is 2. The summed E-state index contributed by atoms with van der Waals surface area (Å²) in [4.78, 5) is 41.8. The van der Waals surface area contributed by atoms with Crippen LogP contribution in [0.3, 0.4) is 0 Å². The van der Waals surface area contributed by atoms with Crippen LogP contribution in [0.25, 0.3) is 11.0 Å². The van der Waals surface area contributed by atoms with E-state index >= 15 is 0 Å². The normalized spacial score (nSPS) is 11.8. The Morgan fingerprint density at radius 1 is 1.06 bits per heavy atom. The van der Waals surface area contributed by atoms with Crippen LogP contribution in [-0.2, 0) is 26.8 Å². The number of aromatic nitrogens is 4. The van der Waals surface area contributed by atoms with Crippen LogP contribution in [0.4, 0.5) is 19.0 Å². The van der Waals surface area contributed by atoms with Crippen molar-refractivity contribution < 1.29 is 18.0 Å². The number of imidazole rings is 1.